The van der Waals surface area contributed by atoms with Crippen LogP contribution in [0.25, 0.3) is 0 Å². The van der Waals surface area contributed by atoms with Gasteiger partial charge in [-0.05, 0) is 30.7 Å². The number of hydrogen-bond acceptors (Lipinski definition) is 3. The van der Waals surface area contributed by atoms with E-state index in [0.29, 0.717) is 18.9 Å². The van der Waals surface area contributed by atoms with E-state index in [1.165, 1.54) is 0 Å². The number of rotatable bonds is 3. The third-order valence-corrected chi connectivity index (χ3v) is 3.41. The molecular weight excluding hydrogens is 252 g/mol. The Labute approximate surface area is 118 Å². The molecule has 2 heterocycles. The lowest BCUT2D eigenvalue weighted by atomic mass is 10.1. The van der Waals surface area contributed by atoms with Crippen molar-refractivity contribution >= 4 is 11.6 Å². The molecule has 1 saturated heterocycles. The summed E-state index contributed by atoms with van der Waals surface area (Å²) in [6.45, 7) is 1.27. The Morgan fingerprint density at radius 3 is 2.60 bits per heavy atom. The highest BCUT2D eigenvalue weighted by molar-refractivity contribution is 6.05. The van der Waals surface area contributed by atoms with E-state index < -0.39 is 0 Å². The molecule has 3 rings (SSSR count). The summed E-state index contributed by atoms with van der Waals surface area (Å²) in [5.41, 5.74) is 1.35. The molecule has 0 bridgehead atoms. The molecule has 102 valence electrons. The molecule has 0 N–H and O–H groups in total. The molecule has 20 heavy (non-hydrogen) atoms. The van der Waals surface area contributed by atoms with Crippen molar-refractivity contribution in [3.05, 3.63) is 60.4 Å². The van der Waals surface area contributed by atoms with Gasteiger partial charge in [-0.2, -0.15) is 0 Å². The van der Waals surface area contributed by atoms with Gasteiger partial charge in [0.2, 0.25) is 0 Å². The van der Waals surface area contributed by atoms with Gasteiger partial charge >= 0.3 is 0 Å². The Morgan fingerprint density at radius 1 is 1.15 bits per heavy atom. The summed E-state index contributed by atoms with van der Waals surface area (Å²) >= 11 is 0. The van der Waals surface area contributed by atoms with Crippen molar-refractivity contribution in [2.24, 2.45) is 0 Å². The third-order valence-electron chi connectivity index (χ3n) is 3.41. The lowest BCUT2D eigenvalue weighted by Crippen LogP contribution is -2.41. The van der Waals surface area contributed by atoms with Gasteiger partial charge in [0.1, 0.15) is 5.69 Å². The molecule has 1 amide bonds. The Kier molecular flexibility index (Phi) is 3.74. The molecule has 1 aromatic heterocycles. The van der Waals surface area contributed by atoms with Gasteiger partial charge < -0.3 is 9.64 Å². The van der Waals surface area contributed by atoms with Crippen LogP contribution in [0, 0.1) is 0 Å². The summed E-state index contributed by atoms with van der Waals surface area (Å²) in [4.78, 5) is 18.7. The second kappa shape index (κ2) is 5.84. The zero-order valence-corrected chi connectivity index (χ0v) is 11.1. The quantitative estimate of drug-likeness (QED) is 0.859. The van der Waals surface area contributed by atoms with Crippen molar-refractivity contribution in [2.75, 3.05) is 18.1 Å². The summed E-state index contributed by atoms with van der Waals surface area (Å²) in [7, 11) is 0. The first-order valence-electron chi connectivity index (χ1n) is 6.73. The second-order valence-electron chi connectivity index (χ2n) is 4.74. The van der Waals surface area contributed by atoms with Crippen LogP contribution in [-0.2, 0) is 4.74 Å². The normalized spacial score (nSPS) is 17.9. The van der Waals surface area contributed by atoms with E-state index in [2.05, 4.69) is 4.98 Å². The van der Waals surface area contributed by atoms with Gasteiger partial charge in [0.25, 0.3) is 5.91 Å². The van der Waals surface area contributed by atoms with Crippen LogP contribution in [-0.4, -0.2) is 30.1 Å². The largest absolute Gasteiger partial charge is 0.379 e. The van der Waals surface area contributed by atoms with E-state index >= 15 is 0 Å². The van der Waals surface area contributed by atoms with Crippen LogP contribution >= 0.6 is 0 Å². The van der Waals surface area contributed by atoms with Gasteiger partial charge in [-0.3, -0.25) is 9.78 Å². The summed E-state index contributed by atoms with van der Waals surface area (Å²) < 4.78 is 5.43. The molecule has 0 spiro atoms. The van der Waals surface area contributed by atoms with E-state index in [-0.39, 0.29) is 11.9 Å². The Hall–Kier alpha value is -2.20. The predicted octanol–water partition coefficient (Wildman–Crippen LogP) is 2.52. The Morgan fingerprint density at radius 2 is 1.95 bits per heavy atom. The van der Waals surface area contributed by atoms with Crippen LogP contribution < -0.4 is 4.90 Å². The molecule has 1 aliphatic heterocycles. The third kappa shape index (κ3) is 2.56. The number of hydrogen-bond donors (Lipinski definition) is 0. The molecule has 1 aromatic carbocycles. The average Bonchev–Trinajstić information content (AvgIpc) is 3.03. The minimum Gasteiger partial charge on any atom is -0.379 e. The van der Waals surface area contributed by atoms with Crippen LogP contribution in [0.5, 0.6) is 0 Å². The molecule has 0 saturated carbocycles. The summed E-state index contributed by atoms with van der Waals surface area (Å²) in [6.07, 6.45) is 2.50. The van der Waals surface area contributed by atoms with Crippen molar-refractivity contribution in [1.82, 2.24) is 4.98 Å². The highest BCUT2D eigenvalue weighted by atomic mass is 16.5. The number of aromatic nitrogens is 1. The number of para-hydroxylation sites is 1. The van der Waals surface area contributed by atoms with Gasteiger partial charge in [-0.25, -0.2) is 0 Å². The van der Waals surface area contributed by atoms with Crippen LogP contribution in [0.1, 0.15) is 16.9 Å². The van der Waals surface area contributed by atoms with E-state index in [1.54, 1.807) is 17.2 Å². The molecule has 0 unspecified atom stereocenters. The Balaban J connectivity index is 1.95. The van der Waals surface area contributed by atoms with Gasteiger partial charge in [-0.15, -0.1) is 0 Å². The van der Waals surface area contributed by atoms with E-state index in [1.807, 2.05) is 42.5 Å². The van der Waals surface area contributed by atoms with Crippen molar-refractivity contribution in [1.29, 1.82) is 0 Å². The molecule has 4 nitrogen and oxygen atoms in total. The number of ether oxygens (including phenoxy) is 1. The number of amides is 1. The number of benzene rings is 1. The predicted molar refractivity (Wildman–Crippen MR) is 76.7 cm³/mol. The fourth-order valence-electron chi connectivity index (χ4n) is 2.42. The second-order valence-corrected chi connectivity index (χ2v) is 4.74. The molecule has 4 heteroatoms. The minimum atomic E-state index is -0.0766. The number of pyridine rings is 1. The van der Waals surface area contributed by atoms with Crippen LogP contribution in [0.4, 0.5) is 5.69 Å². The molecular formula is C16H16N2O2. The number of carbonyl (C=O) groups is 1. The lowest BCUT2D eigenvalue weighted by Gasteiger charge is -2.27. The standard InChI is InChI=1S/C16H16N2O2/c19-16(15-8-4-5-10-17-15)18(14-9-11-20-12-14)13-6-2-1-3-7-13/h1-8,10,14H,9,11-12H2/t14-/m0/s1. The zero-order chi connectivity index (χ0) is 13.8. The maximum atomic E-state index is 12.7. The summed E-state index contributed by atoms with van der Waals surface area (Å²) in [5.74, 6) is -0.0766. The molecule has 1 atom stereocenters. The van der Waals surface area contributed by atoms with E-state index in [9.17, 15) is 4.79 Å². The average molecular weight is 268 g/mol. The monoisotopic (exact) mass is 268 g/mol. The van der Waals surface area contributed by atoms with E-state index in [4.69, 9.17) is 4.74 Å². The lowest BCUT2D eigenvalue weighted by molar-refractivity contribution is 0.0967. The first kappa shape index (κ1) is 12.8. The number of nitrogens with zero attached hydrogens (tertiary/aromatic N) is 2. The topological polar surface area (TPSA) is 42.4 Å². The van der Waals surface area contributed by atoms with Gasteiger partial charge in [0.15, 0.2) is 0 Å². The highest BCUT2D eigenvalue weighted by Gasteiger charge is 2.29. The van der Waals surface area contributed by atoms with Gasteiger partial charge in [0.05, 0.1) is 12.6 Å². The SMILES string of the molecule is O=C(c1ccccn1)N(c1ccccc1)[C@H]1CCOC1. The number of carbonyl (C=O) groups excluding carboxylic acids is 1. The van der Waals surface area contributed by atoms with Crippen LogP contribution in [0.2, 0.25) is 0 Å². The van der Waals surface area contributed by atoms with Crippen molar-refractivity contribution < 1.29 is 9.53 Å². The van der Waals surface area contributed by atoms with Crippen molar-refractivity contribution in [3.63, 3.8) is 0 Å². The van der Waals surface area contributed by atoms with Gasteiger partial charge in [0, 0.05) is 18.5 Å². The Bertz CT molecular complexity index is 566. The zero-order valence-electron chi connectivity index (χ0n) is 11.1. The maximum Gasteiger partial charge on any atom is 0.277 e. The van der Waals surface area contributed by atoms with Gasteiger partial charge in [-0.1, -0.05) is 24.3 Å². The molecule has 0 radical (unpaired) electrons. The summed E-state index contributed by atoms with van der Waals surface area (Å²) in [5, 5.41) is 0. The fraction of sp³-hybridized carbons (Fsp3) is 0.250. The van der Waals surface area contributed by atoms with Crippen LogP contribution in [0.3, 0.4) is 0 Å². The van der Waals surface area contributed by atoms with Crippen LogP contribution in [0.15, 0.2) is 54.7 Å². The number of anilines is 1. The smallest absolute Gasteiger partial charge is 0.277 e. The maximum absolute atomic E-state index is 12.7. The highest BCUT2D eigenvalue weighted by Crippen LogP contribution is 2.23. The van der Waals surface area contributed by atoms with Crippen molar-refractivity contribution in [2.45, 2.75) is 12.5 Å². The fourth-order valence-corrected chi connectivity index (χ4v) is 2.42. The van der Waals surface area contributed by atoms with Crippen molar-refractivity contribution in [3.8, 4) is 0 Å². The molecule has 0 aliphatic carbocycles. The first-order chi connectivity index (χ1) is 9.86. The first-order valence-corrected chi connectivity index (χ1v) is 6.73. The molecule has 1 aliphatic rings. The molecule has 2 aromatic rings. The molecule has 1 fully saturated rings. The minimum absolute atomic E-state index is 0.0758. The van der Waals surface area contributed by atoms with E-state index in [0.717, 1.165) is 12.1 Å². The summed E-state index contributed by atoms with van der Waals surface area (Å²) in [6, 6.07) is 15.2.